The maximum absolute atomic E-state index is 5.61. The number of nitrogen functional groups attached to an aromatic ring is 1. The number of anilines is 1. The SMILES string of the molecule is Cc1ccnc2nc(Cn3cc(N)cn3)[nH]c12. The summed E-state index contributed by atoms with van der Waals surface area (Å²) in [5.74, 6) is 0.824. The van der Waals surface area contributed by atoms with Crippen molar-refractivity contribution in [1.29, 1.82) is 0 Å². The van der Waals surface area contributed by atoms with E-state index in [0.29, 0.717) is 12.2 Å². The van der Waals surface area contributed by atoms with Crippen molar-refractivity contribution in [3.63, 3.8) is 0 Å². The van der Waals surface area contributed by atoms with Crippen LogP contribution in [-0.4, -0.2) is 24.7 Å². The number of pyridine rings is 1. The molecule has 0 radical (unpaired) electrons. The highest BCUT2D eigenvalue weighted by atomic mass is 15.3. The van der Waals surface area contributed by atoms with Crippen molar-refractivity contribution in [2.75, 3.05) is 5.73 Å². The van der Waals surface area contributed by atoms with Crippen LogP contribution in [0.5, 0.6) is 0 Å². The maximum atomic E-state index is 5.61. The molecule has 0 bridgehead atoms. The van der Waals surface area contributed by atoms with E-state index in [1.54, 1.807) is 23.3 Å². The van der Waals surface area contributed by atoms with Crippen molar-refractivity contribution >= 4 is 16.9 Å². The Balaban J connectivity index is 1.98. The first kappa shape index (κ1) is 9.83. The van der Waals surface area contributed by atoms with Gasteiger partial charge in [0.1, 0.15) is 5.82 Å². The zero-order valence-corrected chi connectivity index (χ0v) is 9.38. The molecule has 0 saturated carbocycles. The van der Waals surface area contributed by atoms with E-state index < -0.39 is 0 Å². The summed E-state index contributed by atoms with van der Waals surface area (Å²) in [6.45, 7) is 2.59. The van der Waals surface area contributed by atoms with E-state index >= 15 is 0 Å². The summed E-state index contributed by atoms with van der Waals surface area (Å²) in [6, 6.07) is 1.95. The number of nitrogens with two attached hydrogens (primary N) is 1. The molecule has 6 nitrogen and oxygen atoms in total. The molecule has 0 unspecified atom stereocenters. The van der Waals surface area contributed by atoms with Gasteiger partial charge >= 0.3 is 0 Å². The van der Waals surface area contributed by atoms with Crippen LogP contribution in [0.4, 0.5) is 5.69 Å². The van der Waals surface area contributed by atoms with E-state index in [9.17, 15) is 0 Å². The van der Waals surface area contributed by atoms with Crippen LogP contribution in [-0.2, 0) is 6.54 Å². The second-order valence-electron chi connectivity index (χ2n) is 3.98. The van der Waals surface area contributed by atoms with Crippen molar-refractivity contribution in [2.24, 2.45) is 0 Å². The van der Waals surface area contributed by atoms with Gasteiger partial charge in [-0.1, -0.05) is 0 Å². The fourth-order valence-corrected chi connectivity index (χ4v) is 1.78. The van der Waals surface area contributed by atoms with Gasteiger partial charge in [-0.25, -0.2) is 9.97 Å². The van der Waals surface area contributed by atoms with Crippen LogP contribution in [0.15, 0.2) is 24.7 Å². The van der Waals surface area contributed by atoms with E-state index in [0.717, 1.165) is 22.6 Å². The van der Waals surface area contributed by atoms with Gasteiger partial charge in [0, 0.05) is 12.4 Å². The summed E-state index contributed by atoms with van der Waals surface area (Å²) >= 11 is 0. The molecule has 3 aromatic heterocycles. The van der Waals surface area contributed by atoms with Crippen LogP contribution >= 0.6 is 0 Å². The Labute approximate surface area is 97.5 Å². The number of imidazole rings is 1. The van der Waals surface area contributed by atoms with E-state index in [1.807, 2.05) is 13.0 Å². The summed E-state index contributed by atoms with van der Waals surface area (Å²) < 4.78 is 1.74. The Kier molecular flexibility index (Phi) is 2.07. The lowest BCUT2D eigenvalue weighted by molar-refractivity contribution is 0.663. The maximum Gasteiger partial charge on any atom is 0.178 e. The molecule has 3 rings (SSSR count). The van der Waals surface area contributed by atoms with Crippen LogP contribution in [0.2, 0.25) is 0 Å². The monoisotopic (exact) mass is 228 g/mol. The molecule has 0 amide bonds. The van der Waals surface area contributed by atoms with Crippen molar-refractivity contribution in [3.8, 4) is 0 Å². The van der Waals surface area contributed by atoms with Crippen LogP contribution < -0.4 is 5.73 Å². The van der Waals surface area contributed by atoms with Gasteiger partial charge < -0.3 is 10.7 Å². The fourth-order valence-electron chi connectivity index (χ4n) is 1.78. The topological polar surface area (TPSA) is 85.4 Å². The minimum Gasteiger partial charge on any atom is -0.396 e. The van der Waals surface area contributed by atoms with E-state index in [4.69, 9.17) is 5.73 Å². The van der Waals surface area contributed by atoms with E-state index in [1.165, 1.54) is 0 Å². The third kappa shape index (κ3) is 1.73. The third-order valence-corrected chi connectivity index (χ3v) is 2.61. The van der Waals surface area contributed by atoms with Gasteiger partial charge in [0.25, 0.3) is 0 Å². The second kappa shape index (κ2) is 3.58. The molecular formula is C11H12N6. The van der Waals surface area contributed by atoms with Crippen molar-refractivity contribution in [1.82, 2.24) is 24.7 Å². The van der Waals surface area contributed by atoms with Crippen molar-refractivity contribution in [3.05, 3.63) is 36.0 Å². The van der Waals surface area contributed by atoms with Crippen molar-refractivity contribution in [2.45, 2.75) is 13.5 Å². The summed E-state index contributed by atoms with van der Waals surface area (Å²) in [4.78, 5) is 11.9. The number of hydrogen-bond acceptors (Lipinski definition) is 4. The first-order valence-corrected chi connectivity index (χ1v) is 5.30. The van der Waals surface area contributed by atoms with Gasteiger partial charge in [-0.2, -0.15) is 5.10 Å². The van der Waals surface area contributed by atoms with Gasteiger partial charge in [-0.15, -0.1) is 0 Å². The molecule has 0 saturated heterocycles. The number of fused-ring (bicyclic) bond motifs is 1. The van der Waals surface area contributed by atoms with Crippen LogP contribution in [0.1, 0.15) is 11.4 Å². The smallest absolute Gasteiger partial charge is 0.178 e. The lowest BCUT2D eigenvalue weighted by Crippen LogP contribution is -2.01. The number of nitrogens with zero attached hydrogens (tertiary/aromatic N) is 4. The number of rotatable bonds is 2. The van der Waals surface area contributed by atoms with Gasteiger partial charge in [-0.05, 0) is 18.6 Å². The molecule has 0 aliphatic carbocycles. The first-order chi connectivity index (χ1) is 8.22. The van der Waals surface area contributed by atoms with Gasteiger partial charge in [-0.3, -0.25) is 4.68 Å². The normalized spacial score (nSPS) is 11.1. The Morgan fingerprint density at radius 2 is 2.35 bits per heavy atom. The summed E-state index contributed by atoms with van der Waals surface area (Å²) in [7, 11) is 0. The molecule has 0 atom stereocenters. The summed E-state index contributed by atoms with van der Waals surface area (Å²) in [5.41, 5.74) is 9.10. The standard InChI is InChI=1S/C11H12N6/c1-7-2-3-13-11-10(7)15-9(16-11)6-17-5-8(12)4-14-17/h2-5H,6,12H2,1H3,(H,13,15,16). The highest BCUT2D eigenvalue weighted by molar-refractivity contribution is 5.74. The quantitative estimate of drug-likeness (QED) is 0.687. The number of nitrogens with one attached hydrogen (secondary N) is 1. The molecule has 3 aromatic rings. The average Bonchev–Trinajstić information content (AvgIpc) is 2.86. The van der Waals surface area contributed by atoms with Gasteiger partial charge in [0.2, 0.25) is 0 Å². The Morgan fingerprint density at radius 1 is 1.47 bits per heavy atom. The molecule has 6 heteroatoms. The molecule has 3 heterocycles. The zero-order chi connectivity index (χ0) is 11.8. The predicted molar refractivity (Wildman–Crippen MR) is 64.4 cm³/mol. The second-order valence-corrected chi connectivity index (χ2v) is 3.98. The minimum absolute atomic E-state index is 0.563. The molecule has 86 valence electrons. The Morgan fingerprint density at radius 3 is 3.06 bits per heavy atom. The van der Waals surface area contributed by atoms with Gasteiger partial charge in [0.15, 0.2) is 5.65 Å². The first-order valence-electron chi connectivity index (χ1n) is 5.30. The zero-order valence-electron chi connectivity index (χ0n) is 9.38. The lowest BCUT2D eigenvalue weighted by atomic mass is 10.3. The van der Waals surface area contributed by atoms with E-state index in [-0.39, 0.29) is 0 Å². The highest BCUT2D eigenvalue weighted by Crippen LogP contribution is 2.13. The number of aromatic amines is 1. The number of aromatic nitrogens is 5. The number of H-pyrrole nitrogens is 1. The largest absolute Gasteiger partial charge is 0.396 e. The minimum atomic E-state index is 0.563. The number of aryl methyl sites for hydroxylation is 1. The molecule has 0 spiro atoms. The molecule has 0 aromatic carbocycles. The Bertz CT molecular complexity index is 665. The van der Waals surface area contributed by atoms with Crippen LogP contribution in [0.3, 0.4) is 0 Å². The average molecular weight is 228 g/mol. The van der Waals surface area contributed by atoms with Crippen LogP contribution in [0, 0.1) is 6.92 Å². The van der Waals surface area contributed by atoms with E-state index in [2.05, 4.69) is 20.1 Å². The molecule has 17 heavy (non-hydrogen) atoms. The molecule has 0 aliphatic rings. The fraction of sp³-hybridized carbons (Fsp3) is 0.182. The molecule has 3 N–H and O–H groups in total. The molecule has 0 fully saturated rings. The molecular weight excluding hydrogens is 216 g/mol. The summed E-state index contributed by atoms with van der Waals surface area (Å²) in [6.07, 6.45) is 5.15. The van der Waals surface area contributed by atoms with Crippen LogP contribution in [0.25, 0.3) is 11.2 Å². The van der Waals surface area contributed by atoms with Crippen molar-refractivity contribution < 1.29 is 0 Å². The lowest BCUT2D eigenvalue weighted by Gasteiger charge is -1.95. The highest BCUT2D eigenvalue weighted by Gasteiger charge is 2.06. The Hall–Kier alpha value is -2.37. The molecule has 0 aliphatic heterocycles. The summed E-state index contributed by atoms with van der Waals surface area (Å²) in [5, 5.41) is 4.11. The van der Waals surface area contributed by atoms with Gasteiger partial charge in [0.05, 0.1) is 23.9 Å². The third-order valence-electron chi connectivity index (χ3n) is 2.61. The number of hydrogen-bond donors (Lipinski definition) is 2. The predicted octanol–water partition coefficient (Wildman–Crippen LogP) is 1.09.